The lowest BCUT2D eigenvalue weighted by Crippen LogP contribution is -2.44. The standard InChI is InChI=1S/C46H36N4/c1-4-15-31(16-5-1)40-29-41(32-17-6-2-7-18-32)48-46(47-40)33-19-14-22-35(27-33)50-43-26-13-11-24-37(43)39-28-38-36-23-10-12-25-42(36)49(44(38)30-45(39)50)34-20-8-3-9-21-34/h1-27,29,38-39,44-45H,28,30H2. The molecule has 0 saturated heterocycles. The minimum atomic E-state index is 0.334. The number of hydrogen-bond donors (Lipinski definition) is 0. The molecule has 10 rings (SSSR count). The van der Waals surface area contributed by atoms with E-state index in [2.05, 4.69) is 168 Å². The zero-order chi connectivity index (χ0) is 33.0. The van der Waals surface area contributed by atoms with E-state index in [0.29, 0.717) is 23.9 Å². The third-order valence-electron chi connectivity index (χ3n) is 11.1. The number of aromatic nitrogens is 2. The summed E-state index contributed by atoms with van der Waals surface area (Å²) in [4.78, 5) is 15.6. The highest BCUT2D eigenvalue weighted by atomic mass is 15.2. The van der Waals surface area contributed by atoms with Crippen molar-refractivity contribution in [2.24, 2.45) is 0 Å². The van der Waals surface area contributed by atoms with E-state index in [0.717, 1.165) is 46.7 Å². The number of anilines is 4. The fraction of sp³-hybridized carbons (Fsp3) is 0.130. The molecule has 1 aromatic heterocycles. The van der Waals surface area contributed by atoms with Crippen LogP contribution in [-0.2, 0) is 0 Å². The van der Waals surface area contributed by atoms with Crippen molar-refractivity contribution >= 4 is 22.7 Å². The molecule has 1 fully saturated rings. The average molecular weight is 645 g/mol. The van der Waals surface area contributed by atoms with Crippen molar-refractivity contribution < 1.29 is 0 Å². The molecule has 0 amide bonds. The van der Waals surface area contributed by atoms with Crippen molar-refractivity contribution in [2.75, 3.05) is 9.80 Å². The largest absolute Gasteiger partial charge is 0.337 e. The molecule has 1 aliphatic carbocycles. The summed E-state index contributed by atoms with van der Waals surface area (Å²) in [5.41, 5.74) is 13.1. The first-order valence-electron chi connectivity index (χ1n) is 17.7. The number of benzene rings is 6. The summed E-state index contributed by atoms with van der Waals surface area (Å²) in [5.74, 6) is 1.67. The molecule has 240 valence electrons. The molecule has 50 heavy (non-hydrogen) atoms. The fourth-order valence-electron chi connectivity index (χ4n) is 8.94. The van der Waals surface area contributed by atoms with Gasteiger partial charge in [-0.1, -0.05) is 127 Å². The summed E-state index contributed by atoms with van der Waals surface area (Å²) in [6.07, 6.45) is 2.20. The molecule has 7 aromatic rings. The van der Waals surface area contributed by atoms with Gasteiger partial charge < -0.3 is 9.80 Å². The van der Waals surface area contributed by atoms with Crippen LogP contribution in [0.4, 0.5) is 22.7 Å². The first-order chi connectivity index (χ1) is 24.8. The second-order valence-corrected chi connectivity index (χ2v) is 13.8. The second kappa shape index (κ2) is 11.9. The summed E-state index contributed by atoms with van der Waals surface area (Å²) in [5, 5.41) is 0. The van der Waals surface area contributed by atoms with Crippen LogP contribution >= 0.6 is 0 Å². The zero-order valence-electron chi connectivity index (χ0n) is 27.7. The summed E-state index contributed by atoms with van der Waals surface area (Å²) >= 11 is 0. The first-order valence-corrected chi connectivity index (χ1v) is 17.7. The summed E-state index contributed by atoms with van der Waals surface area (Å²) in [6.45, 7) is 0. The van der Waals surface area contributed by atoms with Crippen molar-refractivity contribution in [3.8, 4) is 33.9 Å². The van der Waals surface area contributed by atoms with E-state index in [1.807, 2.05) is 12.1 Å². The van der Waals surface area contributed by atoms with Crippen molar-refractivity contribution in [1.82, 2.24) is 9.97 Å². The molecule has 4 nitrogen and oxygen atoms in total. The molecule has 6 aromatic carbocycles. The van der Waals surface area contributed by atoms with Crippen LogP contribution in [0.5, 0.6) is 0 Å². The van der Waals surface area contributed by atoms with Crippen LogP contribution in [0.2, 0.25) is 0 Å². The molecule has 0 bridgehead atoms. The van der Waals surface area contributed by atoms with E-state index in [9.17, 15) is 0 Å². The number of para-hydroxylation sites is 3. The molecule has 2 aliphatic heterocycles. The van der Waals surface area contributed by atoms with Gasteiger partial charge in [-0.3, -0.25) is 0 Å². The van der Waals surface area contributed by atoms with Crippen molar-refractivity contribution in [3.63, 3.8) is 0 Å². The summed E-state index contributed by atoms with van der Waals surface area (Å²) in [6, 6.07) is 61.7. The molecule has 4 unspecified atom stereocenters. The molecule has 4 atom stereocenters. The second-order valence-electron chi connectivity index (χ2n) is 13.8. The Kier molecular flexibility index (Phi) is 6.87. The van der Waals surface area contributed by atoms with E-state index >= 15 is 0 Å². The topological polar surface area (TPSA) is 32.3 Å². The van der Waals surface area contributed by atoms with Crippen LogP contribution in [-0.4, -0.2) is 22.1 Å². The van der Waals surface area contributed by atoms with Crippen LogP contribution in [0, 0.1) is 0 Å². The number of nitrogens with zero attached hydrogens (tertiary/aromatic N) is 4. The minimum Gasteiger partial charge on any atom is -0.337 e. The first kappa shape index (κ1) is 29.0. The third-order valence-corrected chi connectivity index (χ3v) is 11.1. The predicted molar refractivity (Wildman–Crippen MR) is 204 cm³/mol. The molecular weight excluding hydrogens is 609 g/mol. The Labute approximate surface area is 293 Å². The van der Waals surface area contributed by atoms with Crippen LogP contribution in [0.3, 0.4) is 0 Å². The Hall–Kier alpha value is -6.00. The summed E-state index contributed by atoms with van der Waals surface area (Å²) < 4.78 is 0. The van der Waals surface area contributed by atoms with Gasteiger partial charge in [0.1, 0.15) is 0 Å². The summed E-state index contributed by atoms with van der Waals surface area (Å²) in [7, 11) is 0. The molecule has 0 spiro atoms. The van der Waals surface area contributed by atoms with Gasteiger partial charge in [-0.2, -0.15) is 0 Å². The van der Waals surface area contributed by atoms with Gasteiger partial charge in [0.25, 0.3) is 0 Å². The van der Waals surface area contributed by atoms with Crippen molar-refractivity contribution in [2.45, 2.75) is 36.8 Å². The Bertz CT molecular complexity index is 2260. The third kappa shape index (κ3) is 4.74. The lowest BCUT2D eigenvalue weighted by atomic mass is 9.72. The highest BCUT2D eigenvalue weighted by molar-refractivity contribution is 5.79. The maximum atomic E-state index is 5.17. The number of fused-ring (bicyclic) bond motifs is 6. The van der Waals surface area contributed by atoms with Crippen LogP contribution in [0.1, 0.15) is 35.8 Å². The van der Waals surface area contributed by atoms with E-state index in [4.69, 9.17) is 9.97 Å². The molecular formula is C46H36N4. The molecule has 0 N–H and O–H groups in total. The van der Waals surface area contributed by atoms with E-state index in [-0.39, 0.29) is 0 Å². The number of hydrogen-bond acceptors (Lipinski definition) is 4. The van der Waals surface area contributed by atoms with E-state index in [1.54, 1.807) is 0 Å². The monoisotopic (exact) mass is 644 g/mol. The van der Waals surface area contributed by atoms with Crippen LogP contribution < -0.4 is 9.80 Å². The Morgan fingerprint density at radius 3 is 1.44 bits per heavy atom. The predicted octanol–water partition coefficient (Wildman–Crippen LogP) is 11.2. The lowest BCUT2D eigenvalue weighted by Gasteiger charge is -2.42. The van der Waals surface area contributed by atoms with Gasteiger partial charge in [0, 0.05) is 63.4 Å². The Morgan fingerprint density at radius 2 is 0.860 bits per heavy atom. The Morgan fingerprint density at radius 1 is 0.400 bits per heavy atom. The molecule has 3 aliphatic rings. The SMILES string of the molecule is c1ccc(-c2cc(-c3ccccc3)nc(-c3cccc(N4c5ccccc5C5CC6c7ccccc7N(c7ccccc7)C6CC54)c3)n2)cc1. The van der Waals surface area contributed by atoms with Crippen molar-refractivity contribution in [1.29, 1.82) is 0 Å². The molecule has 3 heterocycles. The lowest BCUT2D eigenvalue weighted by molar-refractivity contribution is 0.332. The highest BCUT2D eigenvalue weighted by Gasteiger charge is 2.51. The van der Waals surface area contributed by atoms with E-state index in [1.165, 1.54) is 33.9 Å². The number of rotatable bonds is 5. The normalized spacial score (nSPS) is 20.2. The maximum absolute atomic E-state index is 5.17. The minimum absolute atomic E-state index is 0.334. The average Bonchev–Trinajstić information content (AvgIpc) is 3.70. The highest BCUT2D eigenvalue weighted by Crippen LogP contribution is 2.59. The van der Waals surface area contributed by atoms with Crippen LogP contribution in [0.15, 0.2) is 170 Å². The molecule has 1 saturated carbocycles. The molecule has 0 radical (unpaired) electrons. The van der Waals surface area contributed by atoms with Gasteiger partial charge in [0.2, 0.25) is 0 Å². The van der Waals surface area contributed by atoms with Gasteiger partial charge >= 0.3 is 0 Å². The van der Waals surface area contributed by atoms with Crippen LogP contribution in [0.25, 0.3) is 33.9 Å². The van der Waals surface area contributed by atoms with Gasteiger partial charge in [0.05, 0.1) is 11.4 Å². The van der Waals surface area contributed by atoms with Gasteiger partial charge in [-0.05, 0) is 66.4 Å². The zero-order valence-corrected chi connectivity index (χ0v) is 27.7. The van der Waals surface area contributed by atoms with Gasteiger partial charge in [-0.15, -0.1) is 0 Å². The smallest absolute Gasteiger partial charge is 0.160 e. The van der Waals surface area contributed by atoms with Gasteiger partial charge in [0.15, 0.2) is 5.82 Å². The van der Waals surface area contributed by atoms with Gasteiger partial charge in [-0.25, -0.2) is 9.97 Å². The Balaban J connectivity index is 1.07. The molecule has 4 heteroatoms. The maximum Gasteiger partial charge on any atom is 0.160 e. The fourth-order valence-corrected chi connectivity index (χ4v) is 8.94. The van der Waals surface area contributed by atoms with E-state index < -0.39 is 0 Å². The quantitative estimate of drug-likeness (QED) is 0.187. The van der Waals surface area contributed by atoms with Crippen molar-refractivity contribution in [3.05, 3.63) is 181 Å².